The molecule has 6 atom stereocenters. The van der Waals surface area contributed by atoms with E-state index < -0.39 is 22.6 Å². The summed E-state index contributed by atoms with van der Waals surface area (Å²) in [6.45, 7) is 6.36. The van der Waals surface area contributed by atoms with Gasteiger partial charge in [0.05, 0.1) is 33.9 Å². The standard InChI is InChI=1S/C25H30BrClN2O5S/c1-3-11-28(17-10-6-5-9-16(17)27)23(32)21-25-14-15(26)20(35-25)18(24(33)34-4-2)19(25)22(31)29(21)12-7-8-13-30/h3,5-6,9-10,15,18-21,30H,1,4,7-8,11-14H2,2H3/t15?,18-,19+,20-,21?,25?/m1/s1. The van der Waals surface area contributed by atoms with E-state index in [2.05, 4.69) is 22.5 Å². The maximum absolute atomic E-state index is 14.3. The molecule has 1 N–H and O–H groups in total. The lowest BCUT2D eigenvalue weighted by Crippen LogP contribution is -2.55. The molecule has 1 aromatic carbocycles. The number of aliphatic hydroxyl groups excluding tert-OH is 1. The molecule has 4 rings (SSSR count). The lowest BCUT2D eigenvalue weighted by molar-refractivity contribution is -0.153. The van der Waals surface area contributed by atoms with E-state index in [0.717, 1.165) is 0 Å². The van der Waals surface area contributed by atoms with Crippen LogP contribution < -0.4 is 4.90 Å². The number of rotatable bonds is 10. The van der Waals surface area contributed by atoms with E-state index in [4.69, 9.17) is 16.3 Å². The molecule has 10 heteroatoms. The highest BCUT2D eigenvalue weighted by Crippen LogP contribution is 2.68. The zero-order valence-electron chi connectivity index (χ0n) is 19.6. The average molecular weight is 586 g/mol. The second-order valence-corrected chi connectivity index (χ2v) is 12.2. The Morgan fingerprint density at radius 2 is 2.14 bits per heavy atom. The molecule has 3 fully saturated rings. The number of aliphatic hydroxyl groups is 1. The molecule has 3 heterocycles. The van der Waals surface area contributed by atoms with Gasteiger partial charge in [-0.3, -0.25) is 14.4 Å². The Balaban J connectivity index is 1.79. The van der Waals surface area contributed by atoms with Gasteiger partial charge >= 0.3 is 5.97 Å². The topological polar surface area (TPSA) is 87.2 Å². The zero-order valence-corrected chi connectivity index (χ0v) is 22.7. The van der Waals surface area contributed by atoms with Gasteiger partial charge in [-0.15, -0.1) is 18.3 Å². The first-order valence-electron chi connectivity index (χ1n) is 11.9. The number of unbranched alkanes of at least 4 members (excludes halogenated alkanes) is 1. The van der Waals surface area contributed by atoms with E-state index in [-0.39, 0.29) is 47.6 Å². The fraction of sp³-hybridized carbons (Fsp3) is 0.560. The van der Waals surface area contributed by atoms with E-state index in [9.17, 15) is 19.5 Å². The minimum atomic E-state index is -0.774. The highest BCUT2D eigenvalue weighted by molar-refractivity contribution is 9.09. The quantitative estimate of drug-likeness (QED) is 0.195. The number of hydrogen-bond donors (Lipinski definition) is 1. The van der Waals surface area contributed by atoms with E-state index in [1.807, 2.05) is 6.07 Å². The average Bonchev–Trinajstić information content (AvgIpc) is 3.42. The highest BCUT2D eigenvalue weighted by atomic mass is 79.9. The number of alkyl halides is 1. The molecule has 2 amide bonds. The molecule has 1 aromatic rings. The van der Waals surface area contributed by atoms with Gasteiger partial charge < -0.3 is 19.6 Å². The number of para-hydroxylation sites is 1. The summed E-state index contributed by atoms with van der Waals surface area (Å²) in [6.07, 6.45) is 3.29. The zero-order chi connectivity index (χ0) is 25.3. The van der Waals surface area contributed by atoms with Crippen molar-refractivity contribution in [3.05, 3.63) is 41.9 Å². The van der Waals surface area contributed by atoms with Gasteiger partial charge in [0, 0.05) is 29.8 Å². The summed E-state index contributed by atoms with van der Waals surface area (Å²) in [4.78, 5) is 44.5. The third-order valence-corrected chi connectivity index (χ3v) is 10.6. The first-order valence-corrected chi connectivity index (χ1v) is 14.1. The van der Waals surface area contributed by atoms with Crippen LogP contribution in [0.3, 0.4) is 0 Å². The van der Waals surface area contributed by atoms with E-state index in [1.165, 1.54) is 0 Å². The SMILES string of the molecule is C=CCN(C(=O)C1N(CCCCO)C(=O)[C@@H]2[C@@H](C(=O)OCC)[C@@H]3SC12CC3Br)c1ccccc1Cl. The number of anilines is 1. The Morgan fingerprint density at radius 3 is 2.80 bits per heavy atom. The van der Waals surface area contributed by atoms with Gasteiger partial charge in [-0.25, -0.2) is 0 Å². The van der Waals surface area contributed by atoms with Gasteiger partial charge in [-0.2, -0.15) is 0 Å². The smallest absolute Gasteiger partial charge is 0.310 e. The normalized spacial score (nSPS) is 30.9. The molecule has 2 bridgehead atoms. The summed E-state index contributed by atoms with van der Waals surface area (Å²) >= 11 is 11.8. The molecule has 190 valence electrons. The number of ether oxygens (including phenoxy) is 1. The predicted molar refractivity (Wildman–Crippen MR) is 141 cm³/mol. The van der Waals surface area contributed by atoms with Crippen LogP contribution in [-0.2, 0) is 19.1 Å². The van der Waals surface area contributed by atoms with Crippen LogP contribution >= 0.6 is 39.3 Å². The number of amides is 2. The number of fused-ring (bicyclic) bond motifs is 1. The van der Waals surface area contributed by atoms with Crippen molar-refractivity contribution in [2.45, 2.75) is 47.1 Å². The molecule has 3 aliphatic heterocycles. The molecule has 1 spiro atoms. The summed E-state index contributed by atoms with van der Waals surface area (Å²) in [7, 11) is 0. The number of benzene rings is 1. The number of hydrogen-bond acceptors (Lipinski definition) is 6. The van der Waals surface area contributed by atoms with Crippen molar-refractivity contribution in [1.29, 1.82) is 0 Å². The summed E-state index contributed by atoms with van der Waals surface area (Å²) in [5.41, 5.74) is 0.552. The Morgan fingerprint density at radius 1 is 1.40 bits per heavy atom. The van der Waals surface area contributed by atoms with Gasteiger partial charge in [-0.05, 0) is 38.3 Å². The molecule has 0 aromatic heterocycles. The van der Waals surface area contributed by atoms with Crippen molar-refractivity contribution < 1.29 is 24.2 Å². The van der Waals surface area contributed by atoms with Crippen LogP contribution in [0.15, 0.2) is 36.9 Å². The van der Waals surface area contributed by atoms with Crippen molar-refractivity contribution in [3.63, 3.8) is 0 Å². The van der Waals surface area contributed by atoms with Crippen LogP contribution in [0.2, 0.25) is 5.02 Å². The number of halogens is 2. The third-order valence-electron chi connectivity index (χ3n) is 7.11. The van der Waals surface area contributed by atoms with Gasteiger partial charge in [0.25, 0.3) is 5.91 Å². The van der Waals surface area contributed by atoms with Crippen molar-refractivity contribution in [2.75, 3.05) is 31.2 Å². The Bertz CT molecular complexity index is 1010. The van der Waals surface area contributed by atoms with Crippen molar-refractivity contribution in [2.24, 2.45) is 11.8 Å². The molecule has 3 unspecified atom stereocenters. The lowest BCUT2D eigenvalue weighted by Gasteiger charge is -2.38. The Kier molecular flexibility index (Phi) is 8.20. The molecule has 0 radical (unpaired) electrons. The van der Waals surface area contributed by atoms with Crippen LogP contribution in [0, 0.1) is 11.8 Å². The van der Waals surface area contributed by atoms with Crippen LogP contribution in [-0.4, -0.2) is 75.0 Å². The van der Waals surface area contributed by atoms with Crippen molar-refractivity contribution in [1.82, 2.24) is 4.90 Å². The number of carbonyl (C=O) groups is 3. The van der Waals surface area contributed by atoms with Crippen molar-refractivity contribution >= 4 is 62.8 Å². The summed E-state index contributed by atoms with van der Waals surface area (Å²) in [5, 5.41) is 9.60. The summed E-state index contributed by atoms with van der Waals surface area (Å²) in [6, 6.07) is 6.34. The van der Waals surface area contributed by atoms with Crippen LogP contribution in [0.5, 0.6) is 0 Å². The molecule has 3 aliphatic rings. The lowest BCUT2D eigenvalue weighted by atomic mass is 9.71. The number of nitrogens with zero attached hydrogens (tertiary/aromatic N) is 2. The molecule has 35 heavy (non-hydrogen) atoms. The minimum absolute atomic E-state index is 0.00315. The number of thioether (sulfide) groups is 1. The molecular weight excluding hydrogens is 556 g/mol. The maximum Gasteiger partial charge on any atom is 0.310 e. The Labute approximate surface area is 223 Å². The first-order chi connectivity index (χ1) is 16.8. The predicted octanol–water partition coefficient (Wildman–Crippen LogP) is 3.66. The van der Waals surface area contributed by atoms with Gasteiger partial charge in [0.15, 0.2) is 0 Å². The van der Waals surface area contributed by atoms with E-state index in [1.54, 1.807) is 52.8 Å². The molecule has 0 saturated carbocycles. The van der Waals surface area contributed by atoms with Crippen LogP contribution in [0.25, 0.3) is 0 Å². The molecule has 7 nitrogen and oxygen atoms in total. The monoisotopic (exact) mass is 584 g/mol. The fourth-order valence-corrected chi connectivity index (χ4v) is 9.64. The van der Waals surface area contributed by atoms with Crippen molar-refractivity contribution in [3.8, 4) is 0 Å². The second kappa shape index (κ2) is 10.8. The minimum Gasteiger partial charge on any atom is -0.466 e. The number of esters is 1. The molecule has 3 saturated heterocycles. The third kappa shape index (κ3) is 4.43. The van der Waals surface area contributed by atoms with E-state index in [0.29, 0.717) is 36.5 Å². The largest absolute Gasteiger partial charge is 0.466 e. The van der Waals surface area contributed by atoms with Crippen LogP contribution in [0.4, 0.5) is 5.69 Å². The molecule has 0 aliphatic carbocycles. The van der Waals surface area contributed by atoms with Gasteiger partial charge in [0.2, 0.25) is 5.91 Å². The summed E-state index contributed by atoms with van der Waals surface area (Å²) < 4.78 is 4.62. The fourth-order valence-electron chi connectivity index (χ4n) is 5.81. The van der Waals surface area contributed by atoms with Gasteiger partial charge in [-0.1, -0.05) is 45.7 Å². The maximum atomic E-state index is 14.3. The second-order valence-electron chi connectivity index (χ2n) is 9.07. The number of likely N-dealkylation sites (tertiary alicyclic amines) is 1. The number of carbonyl (C=O) groups excluding carboxylic acids is 3. The van der Waals surface area contributed by atoms with E-state index >= 15 is 0 Å². The summed E-state index contributed by atoms with van der Waals surface area (Å²) in [5.74, 6) is -2.06. The Hall–Kier alpha value is -1.55. The first kappa shape index (κ1) is 26.5. The molecular formula is C25H30BrClN2O5S. The van der Waals surface area contributed by atoms with Gasteiger partial charge in [0.1, 0.15) is 6.04 Å². The highest BCUT2D eigenvalue weighted by Gasteiger charge is 2.76. The van der Waals surface area contributed by atoms with Crippen LogP contribution in [0.1, 0.15) is 26.2 Å².